The predicted molar refractivity (Wildman–Crippen MR) is 52.8 cm³/mol. The quantitative estimate of drug-likeness (QED) is 0.653. The van der Waals surface area contributed by atoms with Gasteiger partial charge in [-0.1, -0.05) is 32.6 Å². The molecule has 0 aromatic heterocycles. The zero-order valence-electron chi connectivity index (χ0n) is 7.39. The highest BCUT2D eigenvalue weighted by Gasteiger charge is 2.18. The van der Waals surface area contributed by atoms with E-state index in [1.807, 2.05) is 0 Å². The molecule has 0 heterocycles. The van der Waals surface area contributed by atoms with Crippen molar-refractivity contribution in [1.29, 1.82) is 0 Å². The maximum atomic E-state index is 5.88. The van der Waals surface area contributed by atoms with Crippen molar-refractivity contribution in [3.05, 3.63) is 0 Å². The van der Waals surface area contributed by atoms with Crippen molar-refractivity contribution in [2.75, 3.05) is 0 Å². The second-order valence-electron chi connectivity index (χ2n) is 2.80. The number of hydrogen-bond acceptors (Lipinski definition) is 1. The van der Waals surface area contributed by atoms with E-state index < -0.39 is 0 Å². The molecule has 0 aromatic rings. The van der Waals surface area contributed by atoms with Crippen molar-refractivity contribution in [3.8, 4) is 12.3 Å². The van der Waals surface area contributed by atoms with Gasteiger partial charge in [-0.3, -0.25) is 0 Å². The maximum Gasteiger partial charge on any atom is 0.0773 e. The topological polar surface area (TPSA) is 26.0 Å². The first-order valence-corrected chi connectivity index (χ1v) is 3.95. The largest absolute Gasteiger partial charge is 0.315 e. The van der Waals surface area contributed by atoms with Crippen LogP contribution in [0.2, 0.25) is 0 Å². The minimum Gasteiger partial charge on any atom is -0.315 e. The van der Waals surface area contributed by atoms with Crippen LogP contribution in [-0.2, 0) is 0 Å². The predicted octanol–water partition coefficient (Wildman–Crippen LogP) is 2.34. The summed E-state index contributed by atoms with van der Waals surface area (Å²) in [7, 11) is 0. The molecule has 0 fully saturated rings. The summed E-state index contributed by atoms with van der Waals surface area (Å²) >= 11 is 0. The van der Waals surface area contributed by atoms with Crippen LogP contribution >= 0.6 is 12.4 Å². The molecule has 0 aliphatic heterocycles. The average molecular weight is 176 g/mol. The fraction of sp³-hybridized carbons (Fsp3) is 0.778. The lowest BCUT2D eigenvalue weighted by Gasteiger charge is -2.21. The van der Waals surface area contributed by atoms with Crippen LogP contribution in [0.1, 0.15) is 39.5 Å². The minimum atomic E-state index is -0.330. The van der Waals surface area contributed by atoms with Crippen LogP contribution in [0, 0.1) is 12.3 Å². The van der Waals surface area contributed by atoms with Gasteiger partial charge in [0.15, 0.2) is 0 Å². The highest BCUT2D eigenvalue weighted by molar-refractivity contribution is 5.85. The number of halogens is 1. The molecule has 0 atom stereocenters. The van der Waals surface area contributed by atoms with Crippen LogP contribution in [0.25, 0.3) is 0 Å². The molecule has 0 aliphatic rings. The van der Waals surface area contributed by atoms with Crippen molar-refractivity contribution in [3.63, 3.8) is 0 Å². The molecule has 2 heteroatoms. The van der Waals surface area contributed by atoms with Gasteiger partial charge in [-0.25, -0.2) is 0 Å². The van der Waals surface area contributed by atoms with Gasteiger partial charge >= 0.3 is 0 Å². The Morgan fingerprint density at radius 3 is 1.82 bits per heavy atom. The first kappa shape index (κ1) is 13.4. The molecule has 0 spiro atoms. The molecule has 0 saturated carbocycles. The van der Waals surface area contributed by atoms with Crippen LogP contribution in [0.5, 0.6) is 0 Å². The zero-order chi connectivity index (χ0) is 8.04. The SMILES string of the molecule is C#CC(N)(CCC)CCC.Cl. The Morgan fingerprint density at radius 1 is 1.27 bits per heavy atom. The van der Waals surface area contributed by atoms with Gasteiger partial charge in [-0.15, -0.1) is 18.8 Å². The molecule has 11 heavy (non-hydrogen) atoms. The van der Waals surface area contributed by atoms with Gasteiger partial charge in [0, 0.05) is 0 Å². The Morgan fingerprint density at radius 2 is 1.64 bits per heavy atom. The van der Waals surface area contributed by atoms with Gasteiger partial charge in [0.25, 0.3) is 0 Å². The molecule has 1 nitrogen and oxygen atoms in total. The van der Waals surface area contributed by atoms with E-state index in [1.165, 1.54) is 0 Å². The van der Waals surface area contributed by atoms with Gasteiger partial charge in [0.05, 0.1) is 5.54 Å². The highest BCUT2D eigenvalue weighted by atomic mass is 35.5. The first-order valence-electron chi connectivity index (χ1n) is 3.95. The van der Waals surface area contributed by atoms with E-state index in [9.17, 15) is 0 Å². The lowest BCUT2D eigenvalue weighted by atomic mass is 9.91. The van der Waals surface area contributed by atoms with Crippen LogP contribution < -0.4 is 5.73 Å². The number of terminal acetylenes is 1. The van der Waals surface area contributed by atoms with Crippen molar-refractivity contribution in [2.24, 2.45) is 5.73 Å². The number of hydrogen-bond donors (Lipinski definition) is 1. The summed E-state index contributed by atoms with van der Waals surface area (Å²) in [5, 5.41) is 0. The van der Waals surface area contributed by atoms with E-state index in [4.69, 9.17) is 12.2 Å². The molecule has 0 aliphatic carbocycles. The lowest BCUT2D eigenvalue weighted by molar-refractivity contribution is 0.457. The van der Waals surface area contributed by atoms with Crippen molar-refractivity contribution in [2.45, 2.75) is 45.1 Å². The van der Waals surface area contributed by atoms with E-state index in [1.54, 1.807) is 0 Å². The number of nitrogens with two attached hydrogens (primary N) is 1. The summed E-state index contributed by atoms with van der Waals surface area (Å²) in [6.07, 6.45) is 9.33. The molecule has 0 unspecified atom stereocenters. The van der Waals surface area contributed by atoms with Crippen LogP contribution in [0.15, 0.2) is 0 Å². The van der Waals surface area contributed by atoms with E-state index in [0.717, 1.165) is 25.7 Å². The smallest absolute Gasteiger partial charge is 0.0773 e. The van der Waals surface area contributed by atoms with Crippen molar-refractivity contribution >= 4 is 12.4 Å². The molecule has 0 amide bonds. The lowest BCUT2D eigenvalue weighted by Crippen LogP contribution is -2.37. The average Bonchev–Trinajstić information content (AvgIpc) is 1.89. The third kappa shape index (κ3) is 5.12. The number of rotatable bonds is 4. The Hall–Kier alpha value is -0.190. The van der Waals surface area contributed by atoms with Gasteiger partial charge < -0.3 is 5.73 Å². The maximum absolute atomic E-state index is 5.88. The van der Waals surface area contributed by atoms with Crippen LogP contribution in [0.4, 0.5) is 0 Å². The van der Waals surface area contributed by atoms with Crippen molar-refractivity contribution < 1.29 is 0 Å². The summed E-state index contributed by atoms with van der Waals surface area (Å²) in [4.78, 5) is 0. The summed E-state index contributed by atoms with van der Waals surface area (Å²) < 4.78 is 0. The van der Waals surface area contributed by atoms with Crippen LogP contribution in [0.3, 0.4) is 0 Å². The van der Waals surface area contributed by atoms with E-state index in [-0.39, 0.29) is 17.9 Å². The third-order valence-electron chi connectivity index (χ3n) is 1.68. The van der Waals surface area contributed by atoms with Gasteiger partial charge in [0.2, 0.25) is 0 Å². The second-order valence-corrected chi connectivity index (χ2v) is 2.80. The Labute approximate surface area is 76.2 Å². The van der Waals surface area contributed by atoms with Crippen molar-refractivity contribution in [1.82, 2.24) is 0 Å². The van der Waals surface area contributed by atoms with E-state index in [0.29, 0.717) is 0 Å². The molecular formula is C9H18ClN. The molecule has 0 aromatic carbocycles. The minimum absolute atomic E-state index is 0. The Bertz CT molecular complexity index is 120. The molecule has 66 valence electrons. The Balaban J connectivity index is 0. The molecule has 0 bridgehead atoms. The molecular weight excluding hydrogens is 158 g/mol. The van der Waals surface area contributed by atoms with Gasteiger partial charge in [-0.2, -0.15) is 0 Å². The molecule has 2 N–H and O–H groups in total. The fourth-order valence-electron chi connectivity index (χ4n) is 1.16. The molecule has 0 rings (SSSR count). The fourth-order valence-corrected chi connectivity index (χ4v) is 1.16. The van der Waals surface area contributed by atoms with Gasteiger partial charge in [-0.05, 0) is 12.8 Å². The standard InChI is InChI=1S/C9H17N.ClH/c1-4-7-9(10,6-3)8-5-2;/h3H,4-5,7-8,10H2,1-2H3;1H. The van der Waals surface area contributed by atoms with Crippen LogP contribution in [-0.4, -0.2) is 5.54 Å². The van der Waals surface area contributed by atoms with Gasteiger partial charge in [0.1, 0.15) is 0 Å². The zero-order valence-corrected chi connectivity index (χ0v) is 8.21. The monoisotopic (exact) mass is 175 g/mol. The summed E-state index contributed by atoms with van der Waals surface area (Å²) in [5.74, 6) is 2.66. The first-order chi connectivity index (χ1) is 4.68. The normalized spacial score (nSPS) is 10.0. The third-order valence-corrected chi connectivity index (χ3v) is 1.68. The summed E-state index contributed by atoms with van der Waals surface area (Å²) in [5.41, 5.74) is 5.55. The summed E-state index contributed by atoms with van der Waals surface area (Å²) in [6, 6.07) is 0. The second kappa shape index (κ2) is 6.52. The highest BCUT2D eigenvalue weighted by Crippen LogP contribution is 2.14. The Kier molecular flexibility index (Phi) is 7.94. The summed E-state index contributed by atoms with van der Waals surface area (Å²) in [6.45, 7) is 4.21. The van der Waals surface area contributed by atoms with E-state index >= 15 is 0 Å². The molecule has 0 saturated heterocycles. The molecule has 0 radical (unpaired) electrons. The van der Waals surface area contributed by atoms with E-state index in [2.05, 4.69) is 19.8 Å².